The van der Waals surface area contributed by atoms with Crippen molar-refractivity contribution < 1.29 is 14.3 Å². The minimum absolute atomic E-state index is 0.415. The molecule has 0 saturated heterocycles. The Hall–Kier alpha value is -1.64. The summed E-state index contributed by atoms with van der Waals surface area (Å²) in [5.41, 5.74) is 2.36. The van der Waals surface area contributed by atoms with Gasteiger partial charge in [-0.1, -0.05) is 17.2 Å². The Morgan fingerprint density at radius 2 is 1.57 bits per heavy atom. The molecule has 0 spiro atoms. The number of rotatable bonds is 1. The molecule has 74 valence electrons. The Balaban J connectivity index is 2.95. The quantitative estimate of drug-likeness (QED) is 0.505. The molecule has 0 aliphatic heterocycles. The van der Waals surface area contributed by atoms with Crippen molar-refractivity contribution in [2.75, 3.05) is 0 Å². The summed E-state index contributed by atoms with van der Waals surface area (Å²) in [5.74, 6) is -1.18. The summed E-state index contributed by atoms with van der Waals surface area (Å²) in [6, 6.07) is 5.33. The van der Waals surface area contributed by atoms with Crippen LogP contribution >= 0.6 is 0 Å². The Morgan fingerprint density at radius 3 is 2.00 bits per heavy atom. The van der Waals surface area contributed by atoms with Gasteiger partial charge < -0.3 is 4.74 Å². The van der Waals surface area contributed by atoms with E-state index in [0.29, 0.717) is 5.56 Å². The van der Waals surface area contributed by atoms with Gasteiger partial charge in [-0.3, -0.25) is 4.79 Å². The maximum Gasteiger partial charge on any atom is 0.345 e. The first kappa shape index (κ1) is 10.4. The normalized spacial score (nSPS) is 9.64. The fourth-order valence-electron chi connectivity index (χ4n) is 1.28. The van der Waals surface area contributed by atoms with Gasteiger partial charge in [0.25, 0.3) is 0 Å². The first-order valence-corrected chi connectivity index (χ1v) is 4.30. The summed E-state index contributed by atoms with van der Waals surface area (Å²) < 4.78 is 4.47. The monoisotopic (exact) mass is 192 g/mol. The molecule has 3 heteroatoms. The van der Waals surface area contributed by atoms with Crippen molar-refractivity contribution >= 4 is 11.9 Å². The molecule has 1 aromatic rings. The number of benzene rings is 1. The number of ether oxygens (including phenoxy) is 1. The molecule has 0 amide bonds. The third kappa shape index (κ3) is 2.69. The molecule has 0 aliphatic rings. The lowest BCUT2D eigenvalue weighted by Gasteiger charge is -2.02. The maximum absolute atomic E-state index is 11.3. The molecule has 0 aliphatic carbocycles. The highest BCUT2D eigenvalue weighted by Gasteiger charge is 2.09. The molecule has 14 heavy (non-hydrogen) atoms. The van der Waals surface area contributed by atoms with E-state index in [-0.39, 0.29) is 0 Å². The van der Waals surface area contributed by atoms with Gasteiger partial charge in [0.1, 0.15) is 0 Å². The van der Waals surface area contributed by atoms with Crippen LogP contribution in [0.25, 0.3) is 0 Å². The van der Waals surface area contributed by atoms with Gasteiger partial charge in [0.05, 0.1) is 5.56 Å². The van der Waals surface area contributed by atoms with Gasteiger partial charge in [-0.25, -0.2) is 4.79 Å². The van der Waals surface area contributed by atoms with Crippen LogP contribution in [0.3, 0.4) is 0 Å². The van der Waals surface area contributed by atoms with Crippen LogP contribution in [0.2, 0.25) is 0 Å². The summed E-state index contributed by atoms with van der Waals surface area (Å²) in [6.07, 6.45) is 0. The van der Waals surface area contributed by atoms with E-state index in [4.69, 9.17) is 0 Å². The lowest BCUT2D eigenvalue weighted by molar-refractivity contribution is -0.135. The van der Waals surface area contributed by atoms with Gasteiger partial charge in [-0.15, -0.1) is 0 Å². The molecule has 0 saturated carbocycles. The largest absolute Gasteiger partial charge is 0.390 e. The molecular formula is C11H12O3. The van der Waals surface area contributed by atoms with Gasteiger partial charge in [0.2, 0.25) is 0 Å². The first-order valence-electron chi connectivity index (χ1n) is 4.30. The van der Waals surface area contributed by atoms with Crippen LogP contribution in [0, 0.1) is 13.8 Å². The molecule has 0 N–H and O–H groups in total. The zero-order valence-corrected chi connectivity index (χ0v) is 8.46. The van der Waals surface area contributed by atoms with E-state index in [1.165, 1.54) is 6.92 Å². The number of aryl methyl sites for hydroxylation is 2. The minimum atomic E-state index is -0.593. The van der Waals surface area contributed by atoms with Crippen molar-refractivity contribution in [2.45, 2.75) is 20.8 Å². The van der Waals surface area contributed by atoms with E-state index in [1.54, 1.807) is 12.1 Å². The molecule has 0 unspecified atom stereocenters. The summed E-state index contributed by atoms with van der Waals surface area (Å²) in [5, 5.41) is 0. The number of carbonyl (C=O) groups is 2. The van der Waals surface area contributed by atoms with Crippen LogP contribution in [-0.2, 0) is 9.53 Å². The third-order valence-electron chi connectivity index (χ3n) is 1.69. The number of esters is 2. The topological polar surface area (TPSA) is 43.4 Å². The average molecular weight is 192 g/mol. The zero-order chi connectivity index (χ0) is 10.7. The Bertz CT molecular complexity index is 360. The first-order chi connectivity index (χ1) is 6.49. The van der Waals surface area contributed by atoms with Crippen LogP contribution in [0.1, 0.15) is 28.4 Å². The van der Waals surface area contributed by atoms with Gasteiger partial charge in [-0.05, 0) is 26.0 Å². The zero-order valence-electron chi connectivity index (χ0n) is 8.46. The van der Waals surface area contributed by atoms with Crippen molar-refractivity contribution in [2.24, 2.45) is 0 Å². The molecule has 3 nitrogen and oxygen atoms in total. The van der Waals surface area contributed by atoms with E-state index in [1.807, 2.05) is 19.9 Å². The summed E-state index contributed by atoms with van der Waals surface area (Å²) in [6.45, 7) is 4.98. The molecule has 0 atom stereocenters. The smallest absolute Gasteiger partial charge is 0.345 e. The highest BCUT2D eigenvalue weighted by molar-refractivity contribution is 5.96. The molecule has 0 aromatic heterocycles. The van der Waals surface area contributed by atoms with Crippen LogP contribution in [0.15, 0.2) is 18.2 Å². The molecule has 0 fully saturated rings. The molecule has 0 heterocycles. The maximum atomic E-state index is 11.3. The number of hydrogen-bond donors (Lipinski definition) is 0. The van der Waals surface area contributed by atoms with Gasteiger partial charge >= 0.3 is 11.9 Å². The minimum Gasteiger partial charge on any atom is -0.390 e. The van der Waals surface area contributed by atoms with Crippen LogP contribution in [0.5, 0.6) is 0 Å². The van der Waals surface area contributed by atoms with Crippen LogP contribution in [0.4, 0.5) is 0 Å². The average Bonchev–Trinajstić information content (AvgIpc) is 2.00. The second-order valence-corrected chi connectivity index (χ2v) is 3.26. The van der Waals surface area contributed by atoms with Gasteiger partial charge in [0.15, 0.2) is 0 Å². The van der Waals surface area contributed by atoms with Crippen LogP contribution in [-0.4, -0.2) is 11.9 Å². The Kier molecular flexibility index (Phi) is 3.02. The van der Waals surface area contributed by atoms with E-state index >= 15 is 0 Å². The standard InChI is InChI=1S/C11H12O3/c1-7-4-8(2)6-10(5-7)11(13)14-9(3)12/h4-6H,1-3H3. The van der Waals surface area contributed by atoms with Crippen molar-refractivity contribution in [3.05, 3.63) is 34.9 Å². The van der Waals surface area contributed by atoms with E-state index in [9.17, 15) is 9.59 Å². The van der Waals surface area contributed by atoms with Crippen molar-refractivity contribution in [3.8, 4) is 0 Å². The second-order valence-electron chi connectivity index (χ2n) is 3.26. The van der Waals surface area contributed by atoms with Gasteiger partial charge in [0, 0.05) is 6.92 Å². The molecular weight excluding hydrogens is 180 g/mol. The SMILES string of the molecule is CC(=O)OC(=O)c1cc(C)cc(C)c1. The fraction of sp³-hybridized carbons (Fsp3) is 0.273. The lowest BCUT2D eigenvalue weighted by Crippen LogP contribution is -2.09. The van der Waals surface area contributed by atoms with Gasteiger partial charge in [-0.2, -0.15) is 0 Å². The van der Waals surface area contributed by atoms with Crippen molar-refractivity contribution in [1.29, 1.82) is 0 Å². The second kappa shape index (κ2) is 4.05. The summed E-state index contributed by atoms with van der Waals surface area (Å²) in [4.78, 5) is 21.9. The van der Waals surface area contributed by atoms with Crippen molar-refractivity contribution in [1.82, 2.24) is 0 Å². The fourth-order valence-corrected chi connectivity index (χ4v) is 1.28. The molecule has 0 bridgehead atoms. The van der Waals surface area contributed by atoms with Crippen molar-refractivity contribution in [3.63, 3.8) is 0 Å². The highest BCUT2D eigenvalue weighted by atomic mass is 16.6. The summed E-state index contributed by atoms with van der Waals surface area (Å²) >= 11 is 0. The third-order valence-corrected chi connectivity index (χ3v) is 1.69. The molecule has 1 aromatic carbocycles. The van der Waals surface area contributed by atoms with E-state index in [0.717, 1.165) is 11.1 Å². The van der Waals surface area contributed by atoms with E-state index in [2.05, 4.69) is 4.74 Å². The Labute approximate surface area is 82.7 Å². The summed E-state index contributed by atoms with van der Waals surface area (Å²) in [7, 11) is 0. The highest BCUT2D eigenvalue weighted by Crippen LogP contribution is 2.09. The predicted octanol–water partition coefficient (Wildman–Crippen LogP) is 2.01. The van der Waals surface area contributed by atoms with E-state index < -0.39 is 11.9 Å². The molecule has 0 radical (unpaired) electrons. The van der Waals surface area contributed by atoms with Crippen LogP contribution < -0.4 is 0 Å². The molecule has 1 rings (SSSR count). The Morgan fingerprint density at radius 1 is 1.07 bits per heavy atom. The number of carbonyl (C=O) groups excluding carboxylic acids is 2. The number of hydrogen-bond acceptors (Lipinski definition) is 3. The lowest BCUT2D eigenvalue weighted by atomic mass is 10.1. The predicted molar refractivity (Wildman–Crippen MR) is 52.0 cm³/mol.